The molecule has 0 aromatic heterocycles. The summed E-state index contributed by atoms with van der Waals surface area (Å²) in [5, 5.41) is 3.09. The van der Waals surface area contributed by atoms with E-state index in [9.17, 15) is 4.79 Å². The largest absolute Gasteiger partial charge is 0.445 e. The molecule has 1 saturated carbocycles. The van der Waals surface area contributed by atoms with Crippen molar-refractivity contribution in [3.63, 3.8) is 0 Å². The smallest absolute Gasteiger partial charge is 0.407 e. The van der Waals surface area contributed by atoms with Gasteiger partial charge in [0.2, 0.25) is 0 Å². The number of amides is 1. The number of alkyl carbamates (subject to hydrolysis) is 1. The Morgan fingerprint density at radius 3 is 2.77 bits per heavy atom. The third-order valence-electron chi connectivity index (χ3n) is 4.96. The van der Waals surface area contributed by atoms with Gasteiger partial charge in [-0.2, -0.15) is 0 Å². The molecule has 0 bridgehead atoms. The molecule has 0 spiro atoms. The van der Waals surface area contributed by atoms with Gasteiger partial charge in [-0.3, -0.25) is 0 Å². The fourth-order valence-electron chi connectivity index (χ4n) is 3.52. The molecule has 1 aliphatic heterocycles. The Labute approximate surface area is 132 Å². The fourth-order valence-corrected chi connectivity index (χ4v) is 3.52. The Morgan fingerprint density at radius 2 is 2.05 bits per heavy atom. The van der Waals surface area contributed by atoms with E-state index in [0.717, 1.165) is 18.6 Å². The van der Waals surface area contributed by atoms with Crippen molar-refractivity contribution >= 4 is 6.09 Å². The Morgan fingerprint density at radius 1 is 1.32 bits per heavy atom. The van der Waals surface area contributed by atoms with Crippen LogP contribution in [0.5, 0.6) is 0 Å². The summed E-state index contributed by atoms with van der Waals surface area (Å²) < 4.78 is 10.8. The van der Waals surface area contributed by atoms with E-state index in [1.54, 1.807) is 0 Å². The van der Waals surface area contributed by atoms with Crippen LogP contribution in [0.25, 0.3) is 0 Å². The van der Waals surface area contributed by atoms with E-state index in [-0.39, 0.29) is 12.1 Å². The Kier molecular flexibility index (Phi) is 4.98. The highest BCUT2D eigenvalue weighted by Crippen LogP contribution is 2.36. The van der Waals surface area contributed by atoms with Crippen LogP contribution in [0.2, 0.25) is 0 Å². The monoisotopic (exact) mass is 303 g/mol. The minimum absolute atomic E-state index is 0.219. The first-order chi connectivity index (χ1) is 10.7. The molecule has 120 valence electrons. The van der Waals surface area contributed by atoms with Crippen LogP contribution in [0.1, 0.15) is 38.2 Å². The molecule has 4 atom stereocenters. The highest BCUT2D eigenvalue weighted by molar-refractivity contribution is 5.67. The Balaban J connectivity index is 1.50. The average Bonchev–Trinajstić information content (AvgIpc) is 3.39. The quantitative estimate of drug-likeness (QED) is 0.847. The SMILES string of the molecule is C[C@@H](C1CCCCC1NC(=O)OCc1ccccc1)[C@@H]1CO1. The van der Waals surface area contributed by atoms with Crippen molar-refractivity contribution in [3.05, 3.63) is 35.9 Å². The maximum Gasteiger partial charge on any atom is 0.407 e. The summed E-state index contributed by atoms with van der Waals surface area (Å²) in [6.07, 6.45) is 4.74. The highest BCUT2D eigenvalue weighted by atomic mass is 16.6. The van der Waals surface area contributed by atoms with E-state index in [1.165, 1.54) is 19.3 Å². The molecule has 1 amide bonds. The molecule has 4 nitrogen and oxygen atoms in total. The van der Waals surface area contributed by atoms with Gasteiger partial charge in [0.05, 0.1) is 12.7 Å². The standard InChI is InChI=1S/C18H25NO3/c1-13(17-12-21-17)15-9-5-6-10-16(15)19-18(20)22-11-14-7-3-2-4-8-14/h2-4,7-8,13,15-17H,5-6,9-12H2,1H3,(H,19,20)/t13-,15?,16?,17-/m0/s1. The van der Waals surface area contributed by atoms with Gasteiger partial charge in [-0.1, -0.05) is 50.1 Å². The first kappa shape index (κ1) is 15.3. The first-order valence-corrected chi connectivity index (χ1v) is 8.33. The number of benzene rings is 1. The predicted molar refractivity (Wildman–Crippen MR) is 84.4 cm³/mol. The number of nitrogens with one attached hydrogen (secondary N) is 1. The van der Waals surface area contributed by atoms with Gasteiger partial charge in [-0.15, -0.1) is 0 Å². The van der Waals surface area contributed by atoms with E-state index < -0.39 is 0 Å². The lowest BCUT2D eigenvalue weighted by Crippen LogP contribution is -2.45. The third-order valence-corrected chi connectivity index (χ3v) is 4.96. The lowest BCUT2D eigenvalue weighted by molar-refractivity contribution is 0.115. The molecule has 1 aliphatic carbocycles. The normalized spacial score (nSPS) is 28.7. The topological polar surface area (TPSA) is 50.9 Å². The van der Waals surface area contributed by atoms with Crippen LogP contribution in [0.15, 0.2) is 30.3 Å². The summed E-state index contributed by atoms with van der Waals surface area (Å²) in [6, 6.07) is 10.00. The van der Waals surface area contributed by atoms with Crippen LogP contribution in [0, 0.1) is 11.8 Å². The van der Waals surface area contributed by atoms with Crippen LogP contribution in [0.3, 0.4) is 0 Å². The fraction of sp³-hybridized carbons (Fsp3) is 0.611. The van der Waals surface area contributed by atoms with Gasteiger partial charge in [0.15, 0.2) is 0 Å². The number of ether oxygens (including phenoxy) is 2. The second kappa shape index (κ2) is 7.14. The van der Waals surface area contributed by atoms with E-state index in [0.29, 0.717) is 24.5 Å². The summed E-state index contributed by atoms with van der Waals surface area (Å²) in [5.41, 5.74) is 1.01. The van der Waals surface area contributed by atoms with Crippen LogP contribution in [-0.4, -0.2) is 24.8 Å². The first-order valence-electron chi connectivity index (χ1n) is 8.33. The van der Waals surface area contributed by atoms with E-state index in [1.807, 2.05) is 30.3 Å². The van der Waals surface area contributed by atoms with E-state index >= 15 is 0 Å². The lowest BCUT2D eigenvalue weighted by Gasteiger charge is -2.35. The zero-order valence-corrected chi connectivity index (χ0v) is 13.2. The Bertz CT molecular complexity index is 486. The second-order valence-electron chi connectivity index (χ2n) is 6.49. The zero-order chi connectivity index (χ0) is 15.4. The molecule has 4 heteroatoms. The molecule has 1 saturated heterocycles. The number of carbonyl (C=O) groups excluding carboxylic acids is 1. The van der Waals surface area contributed by atoms with Crippen molar-refractivity contribution in [2.45, 2.75) is 51.4 Å². The van der Waals surface area contributed by atoms with Gasteiger partial charge in [0, 0.05) is 6.04 Å². The molecule has 2 aliphatic rings. The molecule has 2 unspecified atom stereocenters. The number of carbonyl (C=O) groups is 1. The lowest BCUT2D eigenvalue weighted by atomic mass is 9.76. The molecule has 1 N–H and O–H groups in total. The van der Waals surface area contributed by atoms with Gasteiger partial charge in [-0.25, -0.2) is 4.79 Å². The van der Waals surface area contributed by atoms with Crippen molar-refractivity contribution in [2.24, 2.45) is 11.8 Å². The Hall–Kier alpha value is -1.55. The zero-order valence-electron chi connectivity index (χ0n) is 13.2. The second-order valence-corrected chi connectivity index (χ2v) is 6.49. The van der Waals surface area contributed by atoms with Crippen molar-refractivity contribution in [1.29, 1.82) is 0 Å². The van der Waals surface area contributed by atoms with Crippen LogP contribution in [-0.2, 0) is 16.1 Å². The molecule has 1 aromatic rings. The number of hydrogen-bond acceptors (Lipinski definition) is 3. The van der Waals surface area contributed by atoms with E-state index in [4.69, 9.17) is 9.47 Å². The minimum atomic E-state index is -0.301. The summed E-state index contributed by atoms with van der Waals surface area (Å²) in [7, 11) is 0. The van der Waals surface area contributed by atoms with Gasteiger partial charge in [0.25, 0.3) is 0 Å². The van der Waals surface area contributed by atoms with Gasteiger partial charge < -0.3 is 14.8 Å². The van der Waals surface area contributed by atoms with Crippen LogP contribution >= 0.6 is 0 Å². The molecule has 3 rings (SSSR count). The summed E-state index contributed by atoms with van der Waals surface area (Å²) in [5.74, 6) is 1.02. The maximum absolute atomic E-state index is 12.1. The summed E-state index contributed by atoms with van der Waals surface area (Å²) >= 11 is 0. The van der Waals surface area contributed by atoms with E-state index in [2.05, 4.69) is 12.2 Å². The van der Waals surface area contributed by atoms with Crippen molar-refractivity contribution < 1.29 is 14.3 Å². The maximum atomic E-state index is 12.1. The third kappa shape index (κ3) is 4.01. The van der Waals surface area contributed by atoms with Crippen molar-refractivity contribution in [2.75, 3.05) is 6.61 Å². The molecular weight excluding hydrogens is 278 g/mol. The molecule has 1 heterocycles. The summed E-state index contributed by atoms with van der Waals surface area (Å²) in [4.78, 5) is 12.1. The van der Waals surface area contributed by atoms with Crippen molar-refractivity contribution in [1.82, 2.24) is 5.32 Å². The molecular formula is C18H25NO3. The van der Waals surface area contributed by atoms with Gasteiger partial charge >= 0.3 is 6.09 Å². The van der Waals surface area contributed by atoms with Gasteiger partial charge in [-0.05, 0) is 30.2 Å². The summed E-state index contributed by atoms with van der Waals surface area (Å²) in [6.45, 7) is 3.45. The van der Waals surface area contributed by atoms with Crippen LogP contribution in [0.4, 0.5) is 4.79 Å². The molecule has 22 heavy (non-hydrogen) atoms. The highest BCUT2D eigenvalue weighted by Gasteiger charge is 2.39. The number of hydrogen-bond donors (Lipinski definition) is 1. The predicted octanol–water partition coefficient (Wildman–Crippen LogP) is 3.51. The minimum Gasteiger partial charge on any atom is -0.445 e. The molecule has 2 fully saturated rings. The van der Waals surface area contributed by atoms with Crippen LogP contribution < -0.4 is 5.32 Å². The average molecular weight is 303 g/mol. The number of rotatable bonds is 5. The van der Waals surface area contributed by atoms with Crippen molar-refractivity contribution in [3.8, 4) is 0 Å². The molecule has 1 aromatic carbocycles. The van der Waals surface area contributed by atoms with Gasteiger partial charge in [0.1, 0.15) is 6.61 Å². The number of epoxide rings is 1. The molecule has 0 radical (unpaired) electrons.